The maximum atomic E-state index is 13.2. The SMILES string of the molecule is N#Cc1ccnc(Oc2ccc(Br)c(F)c2)n1. The Hall–Kier alpha value is -2.00. The van der Waals surface area contributed by atoms with E-state index in [0.29, 0.717) is 4.47 Å². The molecular weight excluding hydrogens is 289 g/mol. The molecule has 84 valence electrons. The topological polar surface area (TPSA) is 58.8 Å². The van der Waals surface area contributed by atoms with Crippen molar-refractivity contribution in [2.75, 3.05) is 0 Å². The summed E-state index contributed by atoms with van der Waals surface area (Å²) in [5, 5.41) is 8.65. The minimum atomic E-state index is -0.445. The molecule has 1 heterocycles. The molecule has 0 radical (unpaired) electrons. The van der Waals surface area contributed by atoms with Crippen LogP contribution < -0.4 is 4.74 Å². The van der Waals surface area contributed by atoms with E-state index in [4.69, 9.17) is 10.00 Å². The molecule has 0 aliphatic carbocycles. The molecule has 0 atom stereocenters. The first-order valence-electron chi connectivity index (χ1n) is 4.55. The summed E-state index contributed by atoms with van der Waals surface area (Å²) >= 11 is 3.03. The maximum Gasteiger partial charge on any atom is 0.323 e. The Kier molecular flexibility index (Phi) is 3.30. The van der Waals surface area contributed by atoms with Gasteiger partial charge in [0, 0.05) is 12.3 Å². The van der Waals surface area contributed by atoms with Crippen LogP contribution in [0.1, 0.15) is 5.69 Å². The third kappa shape index (κ3) is 2.77. The lowest BCUT2D eigenvalue weighted by atomic mass is 10.3. The van der Waals surface area contributed by atoms with Gasteiger partial charge in [0.25, 0.3) is 0 Å². The van der Waals surface area contributed by atoms with E-state index in [9.17, 15) is 4.39 Å². The second kappa shape index (κ2) is 4.89. The third-order valence-corrected chi connectivity index (χ3v) is 2.49. The predicted octanol–water partition coefficient (Wildman–Crippen LogP) is 3.04. The van der Waals surface area contributed by atoms with Gasteiger partial charge < -0.3 is 4.74 Å². The minimum Gasteiger partial charge on any atom is -0.424 e. The quantitative estimate of drug-likeness (QED) is 0.854. The summed E-state index contributed by atoms with van der Waals surface area (Å²) in [7, 11) is 0. The molecule has 0 bridgehead atoms. The zero-order chi connectivity index (χ0) is 12.3. The molecule has 17 heavy (non-hydrogen) atoms. The van der Waals surface area contributed by atoms with Crippen LogP contribution in [-0.2, 0) is 0 Å². The Morgan fingerprint density at radius 1 is 1.35 bits per heavy atom. The third-order valence-electron chi connectivity index (χ3n) is 1.85. The van der Waals surface area contributed by atoms with Gasteiger partial charge >= 0.3 is 6.01 Å². The molecule has 0 N–H and O–H groups in total. The van der Waals surface area contributed by atoms with Gasteiger partial charge in [0.2, 0.25) is 0 Å². The van der Waals surface area contributed by atoms with E-state index in [2.05, 4.69) is 25.9 Å². The largest absolute Gasteiger partial charge is 0.424 e. The molecule has 0 fully saturated rings. The second-order valence-electron chi connectivity index (χ2n) is 3.01. The number of nitrogens with zero attached hydrogens (tertiary/aromatic N) is 3. The molecule has 0 saturated heterocycles. The average molecular weight is 294 g/mol. The van der Waals surface area contributed by atoms with Crippen LogP contribution in [-0.4, -0.2) is 9.97 Å². The zero-order valence-corrected chi connectivity index (χ0v) is 9.98. The number of halogens is 2. The first kappa shape index (κ1) is 11.5. The van der Waals surface area contributed by atoms with E-state index in [1.807, 2.05) is 6.07 Å². The van der Waals surface area contributed by atoms with Crippen molar-refractivity contribution in [1.29, 1.82) is 5.26 Å². The van der Waals surface area contributed by atoms with Crippen LogP contribution in [0, 0.1) is 17.1 Å². The Labute approximate surface area is 105 Å². The maximum absolute atomic E-state index is 13.2. The highest BCUT2D eigenvalue weighted by molar-refractivity contribution is 9.10. The lowest BCUT2D eigenvalue weighted by molar-refractivity contribution is 0.437. The summed E-state index contributed by atoms with van der Waals surface area (Å²) in [4.78, 5) is 7.63. The first-order valence-corrected chi connectivity index (χ1v) is 5.34. The molecule has 6 heteroatoms. The van der Waals surface area contributed by atoms with Crippen molar-refractivity contribution in [3.05, 3.63) is 46.4 Å². The van der Waals surface area contributed by atoms with Gasteiger partial charge in [-0.3, -0.25) is 0 Å². The van der Waals surface area contributed by atoms with Crippen LogP contribution in [0.15, 0.2) is 34.9 Å². The number of hydrogen-bond acceptors (Lipinski definition) is 4. The van der Waals surface area contributed by atoms with E-state index in [1.165, 1.54) is 24.4 Å². The van der Waals surface area contributed by atoms with Crippen LogP contribution in [0.4, 0.5) is 4.39 Å². The summed E-state index contributed by atoms with van der Waals surface area (Å²) < 4.78 is 18.8. The molecule has 0 spiro atoms. The fourth-order valence-corrected chi connectivity index (χ4v) is 1.34. The van der Waals surface area contributed by atoms with Gasteiger partial charge in [-0.15, -0.1) is 0 Å². The molecule has 1 aromatic heterocycles. The highest BCUT2D eigenvalue weighted by Crippen LogP contribution is 2.23. The van der Waals surface area contributed by atoms with Gasteiger partial charge in [-0.1, -0.05) is 0 Å². The minimum absolute atomic E-state index is 0.00534. The van der Waals surface area contributed by atoms with Crippen molar-refractivity contribution >= 4 is 15.9 Å². The highest BCUT2D eigenvalue weighted by atomic mass is 79.9. The predicted molar refractivity (Wildman–Crippen MR) is 60.9 cm³/mol. The summed E-state index contributed by atoms with van der Waals surface area (Å²) in [5.74, 6) is -0.181. The summed E-state index contributed by atoms with van der Waals surface area (Å²) in [5.41, 5.74) is 0.188. The summed E-state index contributed by atoms with van der Waals surface area (Å²) in [6.45, 7) is 0. The number of aromatic nitrogens is 2. The van der Waals surface area contributed by atoms with Gasteiger partial charge in [0.15, 0.2) is 0 Å². The van der Waals surface area contributed by atoms with Crippen molar-refractivity contribution in [3.63, 3.8) is 0 Å². The number of rotatable bonds is 2. The van der Waals surface area contributed by atoms with Gasteiger partial charge in [-0.05, 0) is 34.1 Å². The lowest BCUT2D eigenvalue weighted by Gasteiger charge is -2.03. The van der Waals surface area contributed by atoms with Crippen LogP contribution in [0.25, 0.3) is 0 Å². The molecule has 1 aromatic carbocycles. The van der Waals surface area contributed by atoms with E-state index in [0.717, 1.165) is 0 Å². The van der Waals surface area contributed by atoms with E-state index in [1.54, 1.807) is 6.07 Å². The summed E-state index contributed by atoms with van der Waals surface area (Å²) in [6.07, 6.45) is 1.40. The van der Waals surface area contributed by atoms with Crippen LogP contribution >= 0.6 is 15.9 Å². The van der Waals surface area contributed by atoms with Crippen molar-refractivity contribution in [2.45, 2.75) is 0 Å². The molecule has 0 aliphatic heterocycles. The molecule has 0 amide bonds. The molecule has 2 rings (SSSR count). The molecule has 0 aliphatic rings. The fourth-order valence-electron chi connectivity index (χ4n) is 1.10. The molecule has 4 nitrogen and oxygen atoms in total. The Morgan fingerprint density at radius 3 is 2.88 bits per heavy atom. The number of benzene rings is 1. The second-order valence-corrected chi connectivity index (χ2v) is 3.87. The smallest absolute Gasteiger partial charge is 0.323 e. The van der Waals surface area contributed by atoms with Crippen molar-refractivity contribution < 1.29 is 9.13 Å². The lowest BCUT2D eigenvalue weighted by Crippen LogP contribution is -1.93. The van der Waals surface area contributed by atoms with Crippen LogP contribution in [0.2, 0.25) is 0 Å². The van der Waals surface area contributed by atoms with Gasteiger partial charge in [-0.2, -0.15) is 10.2 Å². The first-order chi connectivity index (χ1) is 8.19. The van der Waals surface area contributed by atoms with E-state index >= 15 is 0 Å². The van der Waals surface area contributed by atoms with Crippen LogP contribution in [0.5, 0.6) is 11.8 Å². The average Bonchev–Trinajstić information content (AvgIpc) is 2.34. The standard InChI is InChI=1S/C11H5BrFN3O/c12-9-2-1-8(5-10(9)13)17-11-15-4-3-7(6-14)16-11/h1-5H. The fraction of sp³-hybridized carbons (Fsp3) is 0. The van der Waals surface area contributed by atoms with Gasteiger partial charge in [0.05, 0.1) is 4.47 Å². The number of ether oxygens (including phenoxy) is 1. The molecule has 0 unspecified atom stereocenters. The summed E-state index contributed by atoms with van der Waals surface area (Å²) in [6, 6.07) is 7.60. The zero-order valence-electron chi connectivity index (χ0n) is 8.39. The monoisotopic (exact) mass is 293 g/mol. The van der Waals surface area contributed by atoms with Crippen molar-refractivity contribution in [3.8, 4) is 17.8 Å². The van der Waals surface area contributed by atoms with Gasteiger partial charge in [-0.25, -0.2) is 9.37 Å². The molecule has 0 saturated carbocycles. The highest BCUT2D eigenvalue weighted by Gasteiger charge is 2.05. The van der Waals surface area contributed by atoms with Crippen molar-refractivity contribution in [1.82, 2.24) is 9.97 Å². The number of hydrogen-bond donors (Lipinski definition) is 0. The molecular formula is C11H5BrFN3O. The number of nitriles is 1. The Morgan fingerprint density at radius 2 is 2.18 bits per heavy atom. The Bertz CT molecular complexity index is 598. The van der Waals surface area contributed by atoms with E-state index in [-0.39, 0.29) is 17.5 Å². The van der Waals surface area contributed by atoms with Crippen LogP contribution in [0.3, 0.4) is 0 Å². The molecule has 2 aromatic rings. The normalized spacial score (nSPS) is 9.71. The van der Waals surface area contributed by atoms with E-state index < -0.39 is 5.82 Å². The van der Waals surface area contributed by atoms with Gasteiger partial charge in [0.1, 0.15) is 23.3 Å². The Balaban J connectivity index is 2.25. The van der Waals surface area contributed by atoms with Crippen molar-refractivity contribution in [2.24, 2.45) is 0 Å².